The van der Waals surface area contributed by atoms with E-state index >= 15 is 0 Å². The summed E-state index contributed by atoms with van der Waals surface area (Å²) in [7, 11) is 0. The zero-order valence-corrected chi connectivity index (χ0v) is 18.9. The molecule has 0 atom stereocenters. The first-order valence-corrected chi connectivity index (χ1v) is 11.1. The Morgan fingerprint density at radius 3 is 2.19 bits per heavy atom. The van der Waals surface area contributed by atoms with Crippen LogP contribution in [-0.2, 0) is 10.2 Å². The fourth-order valence-electron chi connectivity index (χ4n) is 6.26. The van der Waals surface area contributed by atoms with Gasteiger partial charge in [-0.3, -0.25) is 9.69 Å². The number of amides is 1. The molecule has 1 N–H and O–H groups in total. The molecular weight excluding hydrogens is 424 g/mol. The van der Waals surface area contributed by atoms with Gasteiger partial charge in [0.1, 0.15) is 0 Å². The second kappa shape index (κ2) is 8.42. The third kappa shape index (κ3) is 4.23. The number of hydrogen-bond donors (Lipinski definition) is 1. The molecule has 0 radical (unpaired) electrons. The SMILES string of the molecule is CCN(CC)CC(=O)Nc1cc(C23CC4CC(CC(C4)C2)C3)ccc1Br.Cl. The van der Waals surface area contributed by atoms with Crippen LogP contribution < -0.4 is 5.32 Å². The summed E-state index contributed by atoms with van der Waals surface area (Å²) in [6, 6.07) is 6.70. The summed E-state index contributed by atoms with van der Waals surface area (Å²) in [5.41, 5.74) is 2.77. The maximum atomic E-state index is 12.5. The predicted molar refractivity (Wildman–Crippen MR) is 118 cm³/mol. The number of hydrogen-bond acceptors (Lipinski definition) is 2. The first kappa shape index (κ1) is 21.1. The maximum Gasteiger partial charge on any atom is 0.238 e. The zero-order valence-electron chi connectivity index (χ0n) is 16.5. The van der Waals surface area contributed by atoms with E-state index in [0.29, 0.717) is 12.0 Å². The quantitative estimate of drug-likeness (QED) is 0.604. The second-order valence-corrected chi connectivity index (χ2v) is 9.76. The number of nitrogens with zero attached hydrogens (tertiary/aromatic N) is 1. The highest BCUT2D eigenvalue weighted by atomic mass is 79.9. The Balaban J connectivity index is 0.00000210. The van der Waals surface area contributed by atoms with Gasteiger partial charge in [-0.15, -0.1) is 12.4 Å². The van der Waals surface area contributed by atoms with E-state index in [1.807, 2.05) is 0 Å². The van der Waals surface area contributed by atoms with Crippen LogP contribution in [0.1, 0.15) is 57.9 Å². The lowest BCUT2D eigenvalue weighted by molar-refractivity contribution is -0.117. The topological polar surface area (TPSA) is 32.3 Å². The standard InChI is InChI=1S/C22H31BrN2O.ClH/c1-3-25(4-2)14-21(26)24-20-10-18(5-6-19(20)23)22-11-15-7-16(12-22)9-17(8-15)13-22;/h5-6,10,15-17H,3-4,7-9,11-14H2,1-2H3,(H,24,26);1H. The van der Waals surface area contributed by atoms with Crippen molar-refractivity contribution >= 4 is 39.9 Å². The summed E-state index contributed by atoms with van der Waals surface area (Å²) in [6.07, 6.45) is 8.45. The molecule has 0 heterocycles. The number of halogens is 2. The first-order chi connectivity index (χ1) is 12.5. The highest BCUT2D eigenvalue weighted by molar-refractivity contribution is 9.10. The Morgan fingerprint density at radius 1 is 1.11 bits per heavy atom. The molecule has 4 aliphatic carbocycles. The molecule has 4 saturated carbocycles. The van der Waals surface area contributed by atoms with Gasteiger partial charge >= 0.3 is 0 Å². The van der Waals surface area contributed by atoms with E-state index in [1.165, 1.54) is 44.1 Å². The highest BCUT2D eigenvalue weighted by Crippen LogP contribution is 2.61. The number of nitrogens with one attached hydrogen (secondary N) is 1. The number of carbonyl (C=O) groups excluding carboxylic acids is 1. The summed E-state index contributed by atoms with van der Waals surface area (Å²) in [6.45, 7) is 6.46. The molecule has 1 amide bonds. The van der Waals surface area contributed by atoms with Crippen molar-refractivity contribution in [1.29, 1.82) is 0 Å². The second-order valence-electron chi connectivity index (χ2n) is 8.90. The molecule has 1 aromatic carbocycles. The van der Waals surface area contributed by atoms with Crippen LogP contribution in [0, 0.1) is 17.8 Å². The molecule has 0 saturated heterocycles. The minimum atomic E-state index is 0. The largest absolute Gasteiger partial charge is 0.324 e. The predicted octanol–water partition coefficient (Wildman–Crippen LogP) is 5.62. The van der Waals surface area contributed by atoms with Crippen LogP contribution in [0.5, 0.6) is 0 Å². The molecule has 4 fully saturated rings. The Morgan fingerprint density at radius 2 is 1.67 bits per heavy atom. The third-order valence-electron chi connectivity index (χ3n) is 7.15. The van der Waals surface area contributed by atoms with Gasteiger partial charge in [-0.1, -0.05) is 19.9 Å². The van der Waals surface area contributed by atoms with Crippen molar-refractivity contribution in [3.8, 4) is 0 Å². The fourth-order valence-corrected chi connectivity index (χ4v) is 6.60. The number of rotatable bonds is 6. The van der Waals surface area contributed by atoms with Crippen LogP contribution in [0.2, 0.25) is 0 Å². The molecule has 0 aromatic heterocycles. The first-order valence-electron chi connectivity index (χ1n) is 10.3. The van der Waals surface area contributed by atoms with Crippen molar-refractivity contribution in [3.05, 3.63) is 28.2 Å². The molecule has 27 heavy (non-hydrogen) atoms. The lowest BCUT2D eigenvalue weighted by atomic mass is 9.48. The Bertz CT molecular complexity index is 654. The van der Waals surface area contributed by atoms with Crippen molar-refractivity contribution in [2.75, 3.05) is 25.0 Å². The van der Waals surface area contributed by atoms with Gasteiger partial charge in [0.15, 0.2) is 0 Å². The molecule has 3 nitrogen and oxygen atoms in total. The maximum absolute atomic E-state index is 12.5. The average molecular weight is 456 g/mol. The highest BCUT2D eigenvalue weighted by Gasteiger charge is 2.51. The van der Waals surface area contributed by atoms with E-state index in [4.69, 9.17) is 0 Å². The van der Waals surface area contributed by atoms with Gasteiger partial charge < -0.3 is 5.32 Å². The van der Waals surface area contributed by atoms with Gasteiger partial charge in [-0.25, -0.2) is 0 Å². The molecule has 5 heteroatoms. The van der Waals surface area contributed by atoms with Gasteiger partial charge in [-0.2, -0.15) is 0 Å². The van der Waals surface area contributed by atoms with Crippen molar-refractivity contribution in [2.24, 2.45) is 17.8 Å². The van der Waals surface area contributed by atoms with Crippen LogP contribution in [-0.4, -0.2) is 30.4 Å². The van der Waals surface area contributed by atoms with E-state index in [9.17, 15) is 4.79 Å². The molecule has 150 valence electrons. The van der Waals surface area contributed by atoms with E-state index in [1.54, 1.807) is 0 Å². The number of likely N-dealkylation sites (N-methyl/N-ethyl adjacent to an activating group) is 1. The zero-order chi connectivity index (χ0) is 18.3. The summed E-state index contributed by atoms with van der Waals surface area (Å²) < 4.78 is 0.985. The molecule has 1 aromatic rings. The van der Waals surface area contributed by atoms with E-state index in [2.05, 4.69) is 58.2 Å². The van der Waals surface area contributed by atoms with Gasteiger partial charge in [0.05, 0.1) is 12.2 Å². The van der Waals surface area contributed by atoms with Crippen molar-refractivity contribution in [3.63, 3.8) is 0 Å². The Labute approximate surface area is 178 Å². The van der Waals surface area contributed by atoms with Crippen LogP contribution in [0.25, 0.3) is 0 Å². The molecular formula is C22H32BrClN2O. The summed E-state index contributed by atoms with van der Waals surface area (Å²) >= 11 is 3.64. The molecule has 4 bridgehead atoms. The molecule has 0 aliphatic heterocycles. The van der Waals surface area contributed by atoms with Gasteiger partial charge in [0.2, 0.25) is 5.91 Å². The minimum Gasteiger partial charge on any atom is -0.324 e. The monoisotopic (exact) mass is 454 g/mol. The van der Waals surface area contributed by atoms with Gasteiger partial charge in [-0.05, 0) is 108 Å². The van der Waals surface area contributed by atoms with E-state index in [-0.39, 0.29) is 18.3 Å². The number of anilines is 1. The number of carbonyl (C=O) groups is 1. The summed E-state index contributed by atoms with van der Waals surface area (Å²) in [4.78, 5) is 14.6. The van der Waals surface area contributed by atoms with Gasteiger partial charge in [0, 0.05) is 4.47 Å². The van der Waals surface area contributed by atoms with Crippen LogP contribution in [0.15, 0.2) is 22.7 Å². The third-order valence-corrected chi connectivity index (χ3v) is 7.84. The molecule has 0 unspecified atom stereocenters. The molecule has 5 rings (SSSR count). The van der Waals surface area contributed by atoms with Crippen molar-refractivity contribution in [2.45, 2.75) is 57.8 Å². The van der Waals surface area contributed by atoms with Gasteiger partial charge in [0.25, 0.3) is 0 Å². The summed E-state index contributed by atoms with van der Waals surface area (Å²) in [5.74, 6) is 2.89. The Hall–Kier alpha value is -0.580. The van der Waals surface area contributed by atoms with Crippen LogP contribution in [0.3, 0.4) is 0 Å². The fraction of sp³-hybridized carbons (Fsp3) is 0.682. The smallest absolute Gasteiger partial charge is 0.238 e. The van der Waals surface area contributed by atoms with Crippen molar-refractivity contribution < 1.29 is 4.79 Å². The van der Waals surface area contributed by atoms with E-state index in [0.717, 1.165) is 41.0 Å². The summed E-state index contributed by atoms with van der Waals surface area (Å²) in [5, 5.41) is 3.15. The molecule has 0 spiro atoms. The van der Waals surface area contributed by atoms with E-state index < -0.39 is 0 Å². The Kier molecular flexibility index (Phi) is 6.59. The van der Waals surface area contributed by atoms with Crippen molar-refractivity contribution in [1.82, 2.24) is 4.90 Å². The lowest BCUT2D eigenvalue weighted by Crippen LogP contribution is -2.48. The number of benzene rings is 1. The van der Waals surface area contributed by atoms with Crippen LogP contribution in [0.4, 0.5) is 5.69 Å². The van der Waals surface area contributed by atoms with Crippen LogP contribution >= 0.6 is 28.3 Å². The normalized spacial score (nSPS) is 31.0. The molecule has 4 aliphatic rings. The lowest BCUT2D eigenvalue weighted by Gasteiger charge is -2.57. The average Bonchev–Trinajstić information content (AvgIpc) is 2.60. The minimum absolute atomic E-state index is 0.